The number of anilines is 1. The highest BCUT2D eigenvalue weighted by Gasteiger charge is 2.30. The molecule has 2 N–H and O–H groups in total. The summed E-state index contributed by atoms with van der Waals surface area (Å²) in [7, 11) is 1.51. The molecule has 0 unspecified atom stereocenters. The molecule has 196 valence electrons. The Kier molecular flexibility index (Phi) is 7.49. The van der Waals surface area contributed by atoms with Gasteiger partial charge in [-0.25, -0.2) is 8.78 Å². The van der Waals surface area contributed by atoms with Gasteiger partial charge in [-0.2, -0.15) is 0 Å². The Morgan fingerprint density at radius 2 is 2.05 bits per heavy atom. The molecule has 0 radical (unpaired) electrons. The van der Waals surface area contributed by atoms with Crippen LogP contribution in [0, 0.1) is 11.7 Å². The predicted octanol–water partition coefficient (Wildman–Crippen LogP) is 4.99. The summed E-state index contributed by atoms with van der Waals surface area (Å²) in [6, 6.07) is 6.62. The van der Waals surface area contributed by atoms with E-state index in [0.717, 1.165) is 30.4 Å². The first-order chi connectivity index (χ1) is 17.8. The van der Waals surface area contributed by atoms with E-state index in [1.807, 2.05) is 11.0 Å². The van der Waals surface area contributed by atoms with E-state index < -0.39 is 18.1 Å². The fourth-order valence-corrected chi connectivity index (χ4v) is 6.12. The quantitative estimate of drug-likeness (QED) is 0.473. The number of piperidine rings is 1. The van der Waals surface area contributed by atoms with Crippen molar-refractivity contribution in [1.82, 2.24) is 9.97 Å². The van der Waals surface area contributed by atoms with E-state index in [0.29, 0.717) is 35.7 Å². The number of ketones is 1. The number of methoxy groups -OCH3 is 1. The van der Waals surface area contributed by atoms with Crippen molar-refractivity contribution in [1.29, 1.82) is 0 Å². The first kappa shape index (κ1) is 25.7. The summed E-state index contributed by atoms with van der Waals surface area (Å²) >= 11 is 0. The van der Waals surface area contributed by atoms with E-state index in [9.17, 15) is 13.6 Å². The highest BCUT2D eigenvalue weighted by atomic mass is 19.1. The van der Waals surface area contributed by atoms with Gasteiger partial charge in [-0.05, 0) is 72.9 Å². The van der Waals surface area contributed by atoms with Crippen LogP contribution in [0.15, 0.2) is 42.9 Å². The third-order valence-electron chi connectivity index (χ3n) is 7.94. The molecule has 1 saturated heterocycles. The van der Waals surface area contributed by atoms with Crippen molar-refractivity contribution in [3.63, 3.8) is 0 Å². The van der Waals surface area contributed by atoms with Crippen LogP contribution in [0.25, 0.3) is 10.9 Å². The molecule has 1 saturated carbocycles. The Bertz CT molecular complexity index is 1280. The van der Waals surface area contributed by atoms with Gasteiger partial charge in [0, 0.05) is 49.5 Å². The van der Waals surface area contributed by atoms with E-state index in [1.165, 1.54) is 19.2 Å². The largest absolute Gasteiger partial charge is 0.378 e. The number of carbonyl (C=O) groups excluding carboxylic acids is 1. The number of alkyl halides is 1. The number of aromatic nitrogens is 2. The van der Waals surface area contributed by atoms with Crippen molar-refractivity contribution in [2.24, 2.45) is 11.7 Å². The Morgan fingerprint density at radius 1 is 1.22 bits per heavy atom. The van der Waals surface area contributed by atoms with Crippen LogP contribution in [0.2, 0.25) is 0 Å². The number of nitrogens with zero attached hydrogens (tertiary/aromatic N) is 3. The average Bonchev–Trinajstić information content (AvgIpc) is 2.88. The maximum atomic E-state index is 14.9. The average molecular weight is 509 g/mol. The third kappa shape index (κ3) is 5.36. The molecule has 6 nitrogen and oxygen atoms in total. The van der Waals surface area contributed by atoms with E-state index in [1.54, 1.807) is 24.7 Å². The van der Waals surface area contributed by atoms with Crippen molar-refractivity contribution in [2.75, 3.05) is 25.1 Å². The van der Waals surface area contributed by atoms with Crippen LogP contribution in [0.5, 0.6) is 0 Å². The zero-order valence-corrected chi connectivity index (χ0v) is 21.4. The zero-order chi connectivity index (χ0) is 26.1. The molecule has 8 heteroatoms. The van der Waals surface area contributed by atoms with E-state index in [4.69, 9.17) is 10.5 Å². The first-order valence-corrected chi connectivity index (χ1v) is 13.1. The topological polar surface area (TPSA) is 81.3 Å². The second kappa shape index (κ2) is 10.8. The smallest absolute Gasteiger partial charge is 0.169 e. The van der Waals surface area contributed by atoms with Gasteiger partial charge in [0.25, 0.3) is 0 Å². The van der Waals surface area contributed by atoms with Crippen molar-refractivity contribution in [3.8, 4) is 0 Å². The number of rotatable bonds is 6. The Morgan fingerprint density at radius 3 is 2.81 bits per heavy atom. The highest BCUT2D eigenvalue weighted by Crippen LogP contribution is 2.37. The van der Waals surface area contributed by atoms with Gasteiger partial charge in [0.2, 0.25) is 0 Å². The van der Waals surface area contributed by atoms with Gasteiger partial charge < -0.3 is 15.4 Å². The van der Waals surface area contributed by atoms with Gasteiger partial charge in [0.05, 0.1) is 30.0 Å². The van der Waals surface area contributed by atoms with Crippen molar-refractivity contribution >= 4 is 22.4 Å². The first-order valence-electron chi connectivity index (χ1n) is 13.1. The van der Waals surface area contributed by atoms with Crippen LogP contribution in [0.1, 0.15) is 60.0 Å². The zero-order valence-electron chi connectivity index (χ0n) is 21.4. The van der Waals surface area contributed by atoms with Crippen LogP contribution in [-0.2, 0) is 11.2 Å². The monoisotopic (exact) mass is 508 g/mol. The van der Waals surface area contributed by atoms with E-state index in [-0.39, 0.29) is 36.1 Å². The predicted molar refractivity (Wildman–Crippen MR) is 140 cm³/mol. The molecule has 0 bridgehead atoms. The van der Waals surface area contributed by atoms with E-state index >= 15 is 0 Å². The molecule has 3 aromatic rings. The third-order valence-corrected chi connectivity index (χ3v) is 7.94. The molecule has 2 aromatic heterocycles. The molecule has 3 heterocycles. The van der Waals surface area contributed by atoms with Crippen LogP contribution < -0.4 is 10.6 Å². The summed E-state index contributed by atoms with van der Waals surface area (Å²) in [5.74, 6) is 0.212. The molecular formula is C29H34F2N4O2. The SMILES string of the molecule is CO[C@@H]1CCN(c2cnc3c(C(=O)Cc4cnccc4[C@@H]4C[C@H](C)C[C@H](N)C4)ccc(F)c3c2)C[C@H]1F. The summed E-state index contributed by atoms with van der Waals surface area (Å²) in [4.78, 5) is 24.1. The Balaban J connectivity index is 1.41. The number of carbonyl (C=O) groups is 1. The molecule has 1 aromatic carbocycles. The number of ether oxygens (including phenoxy) is 1. The number of hydrogen-bond acceptors (Lipinski definition) is 6. The van der Waals surface area contributed by atoms with Crippen molar-refractivity contribution in [3.05, 3.63) is 65.4 Å². The minimum absolute atomic E-state index is 0.141. The standard InChI is InChI=1S/C29H34F2N4O2/c1-17-9-18(11-20(32)10-17)22-5-7-33-14-19(22)12-27(36)23-3-4-25(30)24-13-21(15-34-29(23)24)35-8-6-28(37-2)26(31)16-35/h3-5,7,13-15,17-18,20,26,28H,6,8-12,16,32H2,1-2H3/t17-,18+,20-,26+,28+/m0/s1. The summed E-state index contributed by atoms with van der Waals surface area (Å²) in [6.45, 7) is 2.95. The van der Waals surface area contributed by atoms with E-state index in [2.05, 4.69) is 16.9 Å². The van der Waals surface area contributed by atoms with Gasteiger partial charge in [-0.3, -0.25) is 14.8 Å². The Hall–Kier alpha value is -2.97. The molecule has 1 aliphatic heterocycles. The Labute approximate surface area is 216 Å². The lowest BCUT2D eigenvalue weighted by molar-refractivity contribution is 0.0197. The molecule has 0 amide bonds. The summed E-state index contributed by atoms with van der Waals surface area (Å²) < 4.78 is 34.5. The van der Waals surface area contributed by atoms with Crippen LogP contribution in [0.4, 0.5) is 14.5 Å². The van der Waals surface area contributed by atoms with Crippen LogP contribution >= 0.6 is 0 Å². The fraction of sp³-hybridized carbons (Fsp3) is 0.483. The minimum atomic E-state index is -1.14. The van der Waals surface area contributed by atoms with Crippen LogP contribution in [-0.4, -0.2) is 54.3 Å². The maximum absolute atomic E-state index is 14.9. The number of hydrogen-bond donors (Lipinski definition) is 1. The van der Waals surface area contributed by atoms with Gasteiger partial charge in [-0.15, -0.1) is 0 Å². The molecule has 5 atom stereocenters. The lowest BCUT2D eigenvalue weighted by atomic mass is 9.75. The summed E-state index contributed by atoms with van der Waals surface area (Å²) in [5, 5.41) is 0.256. The number of benzene rings is 1. The lowest BCUT2D eigenvalue weighted by Crippen LogP contribution is -2.45. The van der Waals surface area contributed by atoms with Crippen LogP contribution in [0.3, 0.4) is 0 Å². The molecule has 2 aliphatic rings. The number of pyridine rings is 2. The second-order valence-electron chi connectivity index (χ2n) is 10.7. The number of fused-ring (bicyclic) bond motifs is 1. The maximum Gasteiger partial charge on any atom is 0.169 e. The summed E-state index contributed by atoms with van der Waals surface area (Å²) in [6.07, 6.45) is 7.17. The normalized spacial score (nSPS) is 26.4. The molecule has 2 fully saturated rings. The highest BCUT2D eigenvalue weighted by molar-refractivity contribution is 6.08. The number of halogens is 2. The minimum Gasteiger partial charge on any atom is -0.378 e. The fourth-order valence-electron chi connectivity index (χ4n) is 6.12. The van der Waals surface area contributed by atoms with Crippen molar-refractivity contribution in [2.45, 2.75) is 63.3 Å². The number of Topliss-reactive ketones (excluding diaryl/α,β-unsaturated/α-hetero) is 1. The molecular weight excluding hydrogens is 474 g/mol. The molecule has 37 heavy (non-hydrogen) atoms. The van der Waals surface area contributed by atoms with Gasteiger partial charge in [0.15, 0.2) is 5.78 Å². The lowest BCUT2D eigenvalue weighted by Gasteiger charge is -2.35. The summed E-state index contributed by atoms with van der Waals surface area (Å²) in [5.41, 5.74) is 9.61. The second-order valence-corrected chi connectivity index (χ2v) is 10.7. The molecule has 0 spiro atoms. The van der Waals surface area contributed by atoms with Gasteiger partial charge >= 0.3 is 0 Å². The molecule has 1 aliphatic carbocycles. The molecule has 5 rings (SSSR count). The van der Waals surface area contributed by atoms with Gasteiger partial charge in [-0.1, -0.05) is 6.92 Å². The number of nitrogens with two attached hydrogens (primary N) is 1. The van der Waals surface area contributed by atoms with Crippen molar-refractivity contribution < 1.29 is 18.3 Å². The van der Waals surface area contributed by atoms with Gasteiger partial charge in [0.1, 0.15) is 12.0 Å².